The van der Waals surface area contributed by atoms with Crippen molar-refractivity contribution in [1.82, 2.24) is 0 Å². The Morgan fingerprint density at radius 1 is 1.16 bits per heavy atom. The van der Waals surface area contributed by atoms with E-state index in [2.05, 4.69) is 45.6 Å². The fourth-order valence-corrected chi connectivity index (χ4v) is 7.55. The first-order chi connectivity index (χ1) is 17.6. The monoisotopic (exact) mass is 508 g/mol. The number of carbonyl (C=O) groups excluding carboxylic acids is 1. The largest absolute Gasteiger partial charge is 0.393 e. The van der Waals surface area contributed by atoms with Gasteiger partial charge in [0.15, 0.2) is 5.78 Å². The molecule has 4 rings (SSSR count). The number of ketones is 1. The molecule has 4 aliphatic rings. The van der Waals surface area contributed by atoms with E-state index in [0.717, 1.165) is 43.3 Å². The second kappa shape index (κ2) is 11.6. The van der Waals surface area contributed by atoms with Gasteiger partial charge in [0.05, 0.1) is 23.7 Å². The van der Waals surface area contributed by atoms with Gasteiger partial charge in [-0.2, -0.15) is 0 Å². The van der Waals surface area contributed by atoms with Crippen LogP contribution >= 0.6 is 0 Å². The molecule has 0 saturated heterocycles. The maximum atomic E-state index is 12.7. The molecule has 3 N–H and O–H groups in total. The van der Waals surface area contributed by atoms with Crippen LogP contribution in [0.5, 0.6) is 0 Å². The van der Waals surface area contributed by atoms with E-state index >= 15 is 0 Å². The number of hydrogen-bond acceptors (Lipinski definition) is 4. The van der Waals surface area contributed by atoms with Gasteiger partial charge in [-0.25, -0.2) is 0 Å². The van der Waals surface area contributed by atoms with Crippen LogP contribution in [0.4, 0.5) is 0 Å². The van der Waals surface area contributed by atoms with Gasteiger partial charge >= 0.3 is 0 Å². The van der Waals surface area contributed by atoms with Crippen LogP contribution in [0, 0.1) is 28.6 Å². The van der Waals surface area contributed by atoms with Gasteiger partial charge in [0.1, 0.15) is 0 Å². The van der Waals surface area contributed by atoms with Gasteiger partial charge < -0.3 is 15.3 Å². The predicted octanol–water partition coefficient (Wildman–Crippen LogP) is 6.39. The van der Waals surface area contributed by atoms with Gasteiger partial charge in [0.25, 0.3) is 0 Å². The van der Waals surface area contributed by atoms with Crippen molar-refractivity contribution in [3.05, 3.63) is 59.8 Å². The highest BCUT2D eigenvalue weighted by Gasteiger charge is 2.53. The SMILES string of the molecule is C=C1/C(=C\C=C2/CCC[C@]3(C)[C@@H]([C@H](C)/C=C/[C@@H](O)C4(C(=O)C=CCCC)CC4)CC[C@@H]23)C[C@@H](O)C[C@@H]1O. The van der Waals surface area contributed by atoms with Crippen LogP contribution in [-0.4, -0.2) is 39.4 Å². The van der Waals surface area contributed by atoms with Crippen molar-refractivity contribution in [3.63, 3.8) is 0 Å². The summed E-state index contributed by atoms with van der Waals surface area (Å²) in [5, 5.41) is 31.3. The lowest BCUT2D eigenvalue weighted by Crippen LogP contribution is -2.35. The Morgan fingerprint density at radius 3 is 2.62 bits per heavy atom. The Bertz CT molecular complexity index is 980. The van der Waals surface area contributed by atoms with Crippen LogP contribution in [0.15, 0.2) is 59.8 Å². The second-order valence-corrected chi connectivity index (χ2v) is 12.6. The first-order valence-electron chi connectivity index (χ1n) is 14.6. The van der Waals surface area contributed by atoms with E-state index in [1.54, 1.807) is 6.08 Å². The first kappa shape index (κ1) is 28.3. The fraction of sp³-hybridized carbons (Fsp3) is 0.667. The van der Waals surface area contributed by atoms with Gasteiger partial charge in [-0.1, -0.05) is 69.7 Å². The average Bonchev–Trinajstić information content (AvgIpc) is 3.60. The van der Waals surface area contributed by atoms with Crippen LogP contribution < -0.4 is 0 Å². The third-order valence-corrected chi connectivity index (χ3v) is 10.1. The standard InChI is InChI=1S/C33H48O4/c1-5-6-7-10-30(36)33(18-19-33)31(37)16-11-22(2)27-14-15-28-24(9-8-17-32(27,28)4)12-13-25-20-26(34)21-29(35)23(25)3/h7,10-13,16,22,26-29,31,34-35,37H,3,5-6,8-9,14-15,17-21H2,1-2,4H3/b10-7?,16-11+,24-12+,25-13-/t22-,26-,27-,28+,29+,31-,32-/m1/s1. The lowest BCUT2D eigenvalue weighted by Gasteiger charge is -2.44. The highest BCUT2D eigenvalue weighted by atomic mass is 16.3. The molecule has 0 aromatic rings. The molecular weight excluding hydrogens is 460 g/mol. The van der Waals surface area contributed by atoms with Crippen molar-refractivity contribution in [2.75, 3.05) is 0 Å². The van der Waals surface area contributed by atoms with E-state index in [4.69, 9.17) is 0 Å². The Kier molecular flexibility index (Phi) is 8.82. The molecule has 4 heteroatoms. The highest BCUT2D eigenvalue weighted by Crippen LogP contribution is 2.59. The molecule has 4 nitrogen and oxygen atoms in total. The molecule has 0 spiro atoms. The Labute approximate surface area is 223 Å². The lowest BCUT2D eigenvalue weighted by molar-refractivity contribution is -0.122. The molecule has 7 atom stereocenters. The van der Waals surface area contributed by atoms with E-state index < -0.39 is 23.7 Å². The topological polar surface area (TPSA) is 77.8 Å². The fourth-order valence-electron chi connectivity index (χ4n) is 7.55. The molecule has 4 fully saturated rings. The molecule has 0 aliphatic heterocycles. The molecule has 0 aromatic carbocycles. The van der Waals surface area contributed by atoms with Crippen molar-refractivity contribution in [2.45, 2.75) is 110 Å². The molecular formula is C33H48O4. The van der Waals surface area contributed by atoms with E-state index in [0.29, 0.717) is 30.6 Å². The maximum absolute atomic E-state index is 12.7. The number of hydrogen-bond donors (Lipinski definition) is 3. The maximum Gasteiger partial charge on any atom is 0.164 e. The van der Waals surface area contributed by atoms with Crippen LogP contribution in [0.2, 0.25) is 0 Å². The molecule has 0 radical (unpaired) electrons. The number of carbonyl (C=O) groups is 1. The minimum absolute atomic E-state index is 0.0792. The summed E-state index contributed by atoms with van der Waals surface area (Å²) in [6, 6.07) is 0. The van der Waals surface area contributed by atoms with Gasteiger partial charge in [-0.15, -0.1) is 0 Å². The third kappa shape index (κ3) is 5.82. The van der Waals surface area contributed by atoms with Crippen molar-refractivity contribution >= 4 is 5.78 Å². The molecule has 4 saturated carbocycles. The van der Waals surface area contributed by atoms with Gasteiger partial charge in [-0.3, -0.25) is 4.79 Å². The van der Waals surface area contributed by atoms with Crippen molar-refractivity contribution < 1.29 is 20.1 Å². The lowest BCUT2D eigenvalue weighted by atomic mass is 9.61. The third-order valence-electron chi connectivity index (χ3n) is 10.1. The van der Waals surface area contributed by atoms with Gasteiger partial charge in [0.2, 0.25) is 0 Å². The second-order valence-electron chi connectivity index (χ2n) is 12.6. The average molecular weight is 509 g/mol. The summed E-state index contributed by atoms with van der Waals surface area (Å²) in [6.45, 7) is 10.9. The Balaban J connectivity index is 1.44. The summed E-state index contributed by atoms with van der Waals surface area (Å²) in [5.74, 6) is 1.50. The summed E-state index contributed by atoms with van der Waals surface area (Å²) in [7, 11) is 0. The van der Waals surface area contributed by atoms with E-state index in [9.17, 15) is 20.1 Å². The summed E-state index contributed by atoms with van der Waals surface area (Å²) in [6.07, 6.45) is 20.5. The number of aliphatic hydroxyl groups is 3. The normalized spacial score (nSPS) is 37.4. The van der Waals surface area contributed by atoms with Gasteiger partial charge in [0, 0.05) is 6.42 Å². The number of fused-ring (bicyclic) bond motifs is 1. The summed E-state index contributed by atoms with van der Waals surface area (Å²) in [4.78, 5) is 12.7. The van der Waals surface area contributed by atoms with Crippen LogP contribution in [0.3, 0.4) is 0 Å². The number of aliphatic hydroxyl groups excluding tert-OH is 3. The van der Waals surface area contributed by atoms with E-state index in [-0.39, 0.29) is 11.2 Å². The van der Waals surface area contributed by atoms with Crippen LogP contribution in [0.1, 0.15) is 91.4 Å². The molecule has 0 heterocycles. The van der Waals surface area contributed by atoms with Crippen LogP contribution in [-0.2, 0) is 4.79 Å². The quantitative estimate of drug-likeness (QED) is 0.249. The Morgan fingerprint density at radius 2 is 1.92 bits per heavy atom. The smallest absolute Gasteiger partial charge is 0.164 e. The molecule has 204 valence electrons. The molecule has 37 heavy (non-hydrogen) atoms. The van der Waals surface area contributed by atoms with Crippen molar-refractivity contribution in [3.8, 4) is 0 Å². The zero-order chi connectivity index (χ0) is 26.8. The minimum atomic E-state index is -0.707. The predicted molar refractivity (Wildman–Crippen MR) is 150 cm³/mol. The number of allylic oxidation sites excluding steroid dienone is 6. The van der Waals surface area contributed by atoms with E-state index in [1.807, 2.05) is 12.2 Å². The molecule has 0 unspecified atom stereocenters. The van der Waals surface area contributed by atoms with E-state index in [1.165, 1.54) is 31.3 Å². The molecule has 4 aliphatic carbocycles. The number of rotatable bonds is 9. The summed E-state index contributed by atoms with van der Waals surface area (Å²) >= 11 is 0. The molecule has 0 aromatic heterocycles. The van der Waals surface area contributed by atoms with Crippen molar-refractivity contribution in [1.29, 1.82) is 0 Å². The zero-order valence-electron chi connectivity index (χ0n) is 23.2. The molecule has 0 bridgehead atoms. The summed E-state index contributed by atoms with van der Waals surface area (Å²) < 4.78 is 0. The van der Waals surface area contributed by atoms with Crippen molar-refractivity contribution in [2.24, 2.45) is 28.6 Å². The first-order valence-corrected chi connectivity index (χ1v) is 14.6. The molecule has 0 amide bonds. The van der Waals surface area contributed by atoms with Crippen LogP contribution in [0.25, 0.3) is 0 Å². The highest BCUT2D eigenvalue weighted by molar-refractivity contribution is 5.97. The van der Waals surface area contributed by atoms with Gasteiger partial charge in [-0.05, 0) is 98.2 Å². The minimum Gasteiger partial charge on any atom is -0.393 e. The Hall–Kier alpha value is -1.75. The zero-order valence-corrected chi connectivity index (χ0v) is 23.2. The summed E-state index contributed by atoms with van der Waals surface area (Å²) in [5.41, 5.74) is 2.83. The number of unbranched alkanes of at least 4 members (excludes halogenated alkanes) is 1.